The maximum Gasteiger partial charge on any atom is 0.206 e. The second-order valence-electron chi connectivity index (χ2n) is 2.13. The number of halogens is 2. The van der Waals surface area contributed by atoms with Gasteiger partial charge in [-0.25, -0.2) is 0 Å². The van der Waals surface area contributed by atoms with Crippen molar-refractivity contribution in [1.82, 2.24) is 25.6 Å². The molecule has 0 aliphatic rings. The van der Waals surface area contributed by atoms with E-state index in [4.69, 9.17) is 0 Å². The average molecular weight is 262 g/mol. The molecule has 2 aromatic heterocycles. The highest BCUT2D eigenvalue weighted by Crippen LogP contribution is 2.16. The first-order chi connectivity index (χ1) is 5.86. The lowest BCUT2D eigenvalue weighted by Gasteiger charge is -1.92. The van der Waals surface area contributed by atoms with E-state index >= 15 is 0 Å². The molecule has 2 rings (SSSR count). The molecule has 0 fully saturated rings. The van der Waals surface area contributed by atoms with Gasteiger partial charge in [0.15, 0.2) is 0 Å². The van der Waals surface area contributed by atoms with Gasteiger partial charge < -0.3 is 0 Å². The predicted molar refractivity (Wildman–Crippen MR) is 52.4 cm³/mol. The van der Waals surface area contributed by atoms with Gasteiger partial charge in [-0.3, -0.25) is 4.98 Å². The Balaban J connectivity index is 0.000000845. The molecule has 0 bridgehead atoms. The molecule has 1 N–H and O–H groups in total. The summed E-state index contributed by atoms with van der Waals surface area (Å²) in [6.07, 6.45) is 3.37. The zero-order valence-electron chi connectivity index (χ0n) is 6.31. The van der Waals surface area contributed by atoms with Crippen LogP contribution in [-0.2, 0) is 0 Å². The average Bonchev–Trinajstić information content (AvgIpc) is 2.56. The SMILES string of the molecule is Brc1cncc(-c2nn[nH]n2)c1.Cl. The van der Waals surface area contributed by atoms with Crippen LogP contribution in [0.2, 0.25) is 0 Å². The molecule has 0 radical (unpaired) electrons. The highest BCUT2D eigenvalue weighted by Gasteiger charge is 2.02. The number of rotatable bonds is 1. The Labute approximate surface area is 88.5 Å². The maximum absolute atomic E-state index is 3.97. The van der Waals surface area contributed by atoms with E-state index in [1.165, 1.54) is 0 Å². The van der Waals surface area contributed by atoms with Crippen LogP contribution in [0.5, 0.6) is 0 Å². The molecule has 0 saturated heterocycles. The van der Waals surface area contributed by atoms with E-state index in [2.05, 4.69) is 41.5 Å². The van der Waals surface area contributed by atoms with E-state index in [-0.39, 0.29) is 12.4 Å². The number of hydrogen-bond donors (Lipinski definition) is 1. The fraction of sp³-hybridized carbons (Fsp3) is 0. The first-order valence-electron chi connectivity index (χ1n) is 3.20. The second kappa shape index (κ2) is 4.29. The Hall–Kier alpha value is -1.01. The number of aromatic nitrogens is 5. The quantitative estimate of drug-likeness (QED) is 0.844. The van der Waals surface area contributed by atoms with Gasteiger partial charge in [-0.05, 0) is 27.2 Å². The van der Waals surface area contributed by atoms with Crippen LogP contribution in [0.1, 0.15) is 0 Å². The summed E-state index contributed by atoms with van der Waals surface area (Å²) in [7, 11) is 0. The zero-order valence-corrected chi connectivity index (χ0v) is 8.71. The first-order valence-corrected chi connectivity index (χ1v) is 4.00. The number of aromatic amines is 1. The fourth-order valence-corrected chi connectivity index (χ4v) is 1.18. The summed E-state index contributed by atoms with van der Waals surface area (Å²) in [5.41, 5.74) is 0.832. The molecule has 5 nitrogen and oxygen atoms in total. The minimum absolute atomic E-state index is 0. The summed E-state index contributed by atoms with van der Waals surface area (Å²) in [6.45, 7) is 0. The summed E-state index contributed by atoms with van der Waals surface area (Å²) in [4.78, 5) is 3.97. The van der Waals surface area contributed by atoms with Crippen LogP contribution in [0.3, 0.4) is 0 Å². The number of tetrazole rings is 1. The number of nitrogens with zero attached hydrogens (tertiary/aromatic N) is 4. The van der Waals surface area contributed by atoms with Crippen molar-refractivity contribution >= 4 is 28.3 Å². The van der Waals surface area contributed by atoms with Gasteiger partial charge in [0.2, 0.25) is 5.82 Å². The van der Waals surface area contributed by atoms with Crippen LogP contribution >= 0.6 is 28.3 Å². The monoisotopic (exact) mass is 261 g/mol. The van der Waals surface area contributed by atoms with Gasteiger partial charge in [0, 0.05) is 22.4 Å². The molecule has 0 spiro atoms. The highest BCUT2D eigenvalue weighted by atomic mass is 79.9. The van der Waals surface area contributed by atoms with Crippen LogP contribution in [0.4, 0.5) is 0 Å². The van der Waals surface area contributed by atoms with Crippen LogP contribution in [-0.4, -0.2) is 25.6 Å². The Morgan fingerprint density at radius 3 is 2.77 bits per heavy atom. The van der Waals surface area contributed by atoms with Gasteiger partial charge in [-0.1, -0.05) is 0 Å². The van der Waals surface area contributed by atoms with Crippen LogP contribution in [0.15, 0.2) is 22.9 Å². The standard InChI is InChI=1S/C6H4BrN5.ClH/c7-5-1-4(2-8-3-5)6-9-11-12-10-6;/h1-3H,(H,9,10,11,12);1H. The summed E-state index contributed by atoms with van der Waals surface area (Å²) in [5.74, 6) is 0.545. The lowest BCUT2D eigenvalue weighted by molar-refractivity contribution is 0.881. The van der Waals surface area contributed by atoms with E-state index in [1.807, 2.05) is 6.07 Å². The molecule has 7 heteroatoms. The van der Waals surface area contributed by atoms with Crippen LogP contribution < -0.4 is 0 Å². The van der Waals surface area contributed by atoms with Crippen molar-refractivity contribution < 1.29 is 0 Å². The Kier molecular flexibility index (Phi) is 3.32. The van der Waals surface area contributed by atoms with Crippen molar-refractivity contribution in [3.63, 3.8) is 0 Å². The van der Waals surface area contributed by atoms with E-state index in [0.29, 0.717) is 5.82 Å². The minimum atomic E-state index is 0. The molecular formula is C6H5BrClN5. The van der Waals surface area contributed by atoms with Gasteiger partial charge in [0.05, 0.1) is 0 Å². The van der Waals surface area contributed by atoms with Gasteiger partial charge in [-0.2, -0.15) is 5.21 Å². The summed E-state index contributed by atoms with van der Waals surface area (Å²) < 4.78 is 0.893. The molecule has 0 aliphatic carbocycles. The third kappa shape index (κ3) is 2.22. The Morgan fingerprint density at radius 2 is 2.15 bits per heavy atom. The molecule has 0 aromatic carbocycles. The molecule has 0 saturated carbocycles. The summed E-state index contributed by atoms with van der Waals surface area (Å²) in [5, 5.41) is 13.5. The lowest BCUT2D eigenvalue weighted by Crippen LogP contribution is -1.82. The van der Waals surface area contributed by atoms with Crippen molar-refractivity contribution in [2.24, 2.45) is 0 Å². The molecule has 0 unspecified atom stereocenters. The largest absolute Gasteiger partial charge is 0.263 e. The summed E-state index contributed by atoms with van der Waals surface area (Å²) in [6, 6.07) is 1.87. The zero-order chi connectivity index (χ0) is 8.39. The van der Waals surface area contributed by atoms with E-state index in [0.717, 1.165) is 10.0 Å². The number of hydrogen-bond acceptors (Lipinski definition) is 4. The third-order valence-corrected chi connectivity index (χ3v) is 1.74. The Morgan fingerprint density at radius 1 is 1.31 bits per heavy atom. The van der Waals surface area contributed by atoms with Crippen molar-refractivity contribution in [1.29, 1.82) is 0 Å². The van der Waals surface area contributed by atoms with Crippen LogP contribution in [0.25, 0.3) is 11.4 Å². The number of pyridine rings is 1. The minimum Gasteiger partial charge on any atom is -0.263 e. The van der Waals surface area contributed by atoms with Crippen molar-refractivity contribution in [3.05, 3.63) is 22.9 Å². The van der Waals surface area contributed by atoms with Gasteiger partial charge in [0.1, 0.15) is 0 Å². The topological polar surface area (TPSA) is 67.3 Å². The third-order valence-electron chi connectivity index (χ3n) is 1.31. The van der Waals surface area contributed by atoms with Gasteiger partial charge in [0.25, 0.3) is 0 Å². The van der Waals surface area contributed by atoms with Crippen molar-refractivity contribution in [2.45, 2.75) is 0 Å². The molecule has 2 aromatic rings. The molecule has 13 heavy (non-hydrogen) atoms. The Bertz CT molecular complexity index is 376. The molecule has 0 aliphatic heterocycles. The smallest absolute Gasteiger partial charge is 0.206 e. The molecule has 0 amide bonds. The summed E-state index contributed by atoms with van der Waals surface area (Å²) >= 11 is 3.30. The van der Waals surface area contributed by atoms with Crippen molar-refractivity contribution in [2.75, 3.05) is 0 Å². The molecule has 68 valence electrons. The second-order valence-corrected chi connectivity index (χ2v) is 3.04. The number of nitrogens with one attached hydrogen (secondary N) is 1. The van der Waals surface area contributed by atoms with E-state index < -0.39 is 0 Å². The fourth-order valence-electron chi connectivity index (χ4n) is 0.818. The van der Waals surface area contributed by atoms with Gasteiger partial charge in [-0.15, -0.1) is 22.6 Å². The van der Waals surface area contributed by atoms with Gasteiger partial charge >= 0.3 is 0 Å². The van der Waals surface area contributed by atoms with E-state index in [9.17, 15) is 0 Å². The molecule has 0 atom stereocenters. The lowest BCUT2D eigenvalue weighted by atomic mass is 10.3. The molecule has 2 heterocycles. The van der Waals surface area contributed by atoms with E-state index in [1.54, 1.807) is 12.4 Å². The normalized spacial score (nSPS) is 9.31. The van der Waals surface area contributed by atoms with Crippen LogP contribution in [0, 0.1) is 0 Å². The molecular weight excluding hydrogens is 257 g/mol. The maximum atomic E-state index is 3.97. The highest BCUT2D eigenvalue weighted by molar-refractivity contribution is 9.10. The first kappa shape index (κ1) is 10.1. The number of H-pyrrole nitrogens is 1. The predicted octanol–water partition coefficient (Wildman–Crippen LogP) is 1.45. The van der Waals surface area contributed by atoms with Crippen molar-refractivity contribution in [3.8, 4) is 11.4 Å².